The molecule has 0 aromatic heterocycles. The second-order valence-electron chi connectivity index (χ2n) is 3.93. The van der Waals surface area contributed by atoms with Crippen molar-refractivity contribution in [2.75, 3.05) is 0 Å². The van der Waals surface area contributed by atoms with Gasteiger partial charge in [0.25, 0.3) is 10.0 Å². The van der Waals surface area contributed by atoms with Crippen molar-refractivity contribution < 1.29 is 13.2 Å². The van der Waals surface area contributed by atoms with Crippen molar-refractivity contribution in [2.45, 2.75) is 4.90 Å². The molecule has 4 nitrogen and oxygen atoms in total. The van der Waals surface area contributed by atoms with Crippen molar-refractivity contribution in [1.29, 1.82) is 0 Å². The lowest BCUT2D eigenvalue weighted by Gasteiger charge is -2.05. The molecule has 0 bridgehead atoms. The van der Waals surface area contributed by atoms with Crippen LogP contribution in [0.25, 0.3) is 0 Å². The molecule has 0 radical (unpaired) electrons. The minimum atomic E-state index is -3.62. The number of hydrogen-bond acceptors (Lipinski definition) is 3. The molecule has 0 spiro atoms. The Morgan fingerprint density at radius 1 is 1.05 bits per heavy atom. The van der Waals surface area contributed by atoms with Crippen LogP contribution in [0.1, 0.15) is 5.56 Å². The maximum Gasteiger partial charge on any atom is 0.286 e. The SMILES string of the molecule is O=S1(=O)N=C(Oc2cccc(I)c2)c2ccccc21. The molecule has 96 valence electrons. The summed E-state index contributed by atoms with van der Waals surface area (Å²) in [6, 6.07) is 14.0. The minimum Gasteiger partial charge on any atom is -0.438 e. The number of halogens is 1. The minimum absolute atomic E-state index is 0.123. The van der Waals surface area contributed by atoms with Gasteiger partial charge in [-0.25, -0.2) is 0 Å². The highest BCUT2D eigenvalue weighted by Crippen LogP contribution is 2.27. The fourth-order valence-electron chi connectivity index (χ4n) is 1.79. The fraction of sp³-hybridized carbons (Fsp3) is 0. The van der Waals surface area contributed by atoms with Crippen LogP contribution in [0.5, 0.6) is 5.75 Å². The average Bonchev–Trinajstić information content (AvgIpc) is 2.62. The topological polar surface area (TPSA) is 55.7 Å². The van der Waals surface area contributed by atoms with Gasteiger partial charge in [0.15, 0.2) is 0 Å². The second-order valence-corrected chi connectivity index (χ2v) is 6.75. The zero-order valence-corrected chi connectivity index (χ0v) is 12.6. The molecule has 3 rings (SSSR count). The molecule has 0 amide bonds. The zero-order valence-electron chi connectivity index (χ0n) is 9.58. The van der Waals surface area contributed by atoms with Crippen LogP contribution in [0.4, 0.5) is 0 Å². The van der Waals surface area contributed by atoms with E-state index in [1.54, 1.807) is 24.3 Å². The average molecular weight is 385 g/mol. The highest BCUT2D eigenvalue weighted by molar-refractivity contribution is 14.1. The predicted molar refractivity (Wildman–Crippen MR) is 80.0 cm³/mol. The van der Waals surface area contributed by atoms with Crippen molar-refractivity contribution in [3.05, 3.63) is 57.7 Å². The van der Waals surface area contributed by atoms with Crippen molar-refractivity contribution in [3.8, 4) is 5.75 Å². The van der Waals surface area contributed by atoms with E-state index < -0.39 is 10.0 Å². The van der Waals surface area contributed by atoms with E-state index in [1.807, 2.05) is 18.2 Å². The van der Waals surface area contributed by atoms with E-state index in [2.05, 4.69) is 27.0 Å². The van der Waals surface area contributed by atoms with Crippen molar-refractivity contribution in [2.24, 2.45) is 4.40 Å². The van der Waals surface area contributed by atoms with Crippen molar-refractivity contribution in [3.63, 3.8) is 0 Å². The smallest absolute Gasteiger partial charge is 0.286 e. The monoisotopic (exact) mass is 385 g/mol. The predicted octanol–water partition coefficient (Wildman–Crippen LogP) is 2.82. The molecule has 0 saturated heterocycles. The van der Waals surface area contributed by atoms with Gasteiger partial charge in [-0.1, -0.05) is 18.2 Å². The van der Waals surface area contributed by atoms with Crippen molar-refractivity contribution >= 4 is 38.5 Å². The first-order valence-electron chi connectivity index (χ1n) is 5.44. The number of benzene rings is 2. The largest absolute Gasteiger partial charge is 0.438 e. The van der Waals surface area contributed by atoms with Gasteiger partial charge in [-0.05, 0) is 52.9 Å². The molecule has 0 N–H and O–H groups in total. The van der Waals surface area contributed by atoms with Gasteiger partial charge in [0.05, 0.1) is 5.56 Å². The maximum atomic E-state index is 11.9. The molecule has 0 saturated carbocycles. The summed E-state index contributed by atoms with van der Waals surface area (Å²) in [7, 11) is -3.62. The van der Waals surface area contributed by atoms with Crippen LogP contribution in [0.2, 0.25) is 0 Å². The number of rotatable bonds is 1. The molecule has 2 aromatic rings. The summed E-state index contributed by atoms with van der Waals surface area (Å²) in [4.78, 5) is 0.190. The van der Waals surface area contributed by atoms with Crippen LogP contribution >= 0.6 is 22.6 Å². The number of ether oxygens (including phenoxy) is 1. The molecule has 2 aromatic carbocycles. The van der Waals surface area contributed by atoms with Crippen LogP contribution in [-0.4, -0.2) is 14.3 Å². The Hall–Kier alpha value is -1.41. The van der Waals surface area contributed by atoms with E-state index in [0.29, 0.717) is 11.3 Å². The van der Waals surface area contributed by atoms with Crippen LogP contribution in [0.15, 0.2) is 57.8 Å². The third kappa shape index (κ3) is 2.37. The molecule has 0 atom stereocenters. The Morgan fingerprint density at radius 2 is 1.84 bits per heavy atom. The van der Waals surface area contributed by atoms with Crippen molar-refractivity contribution in [1.82, 2.24) is 0 Å². The lowest BCUT2D eigenvalue weighted by Crippen LogP contribution is -2.07. The molecule has 0 aliphatic carbocycles. The third-order valence-corrected chi connectivity index (χ3v) is 4.60. The van der Waals surface area contributed by atoms with Gasteiger partial charge < -0.3 is 4.74 Å². The summed E-state index contributed by atoms with van der Waals surface area (Å²) in [6.45, 7) is 0. The molecule has 1 heterocycles. The Bertz CT molecular complexity index is 784. The normalized spacial score (nSPS) is 15.7. The summed E-state index contributed by atoms with van der Waals surface area (Å²) < 4.78 is 34.0. The Morgan fingerprint density at radius 3 is 2.63 bits per heavy atom. The standard InChI is InChI=1S/C13H8INO3S/c14-9-4-3-5-10(8-9)18-13-11-6-1-2-7-12(11)19(16,17)15-13/h1-8H. The number of fused-ring (bicyclic) bond motifs is 1. The van der Waals surface area contributed by atoms with E-state index in [4.69, 9.17) is 4.74 Å². The number of nitrogens with zero attached hydrogens (tertiary/aromatic N) is 1. The van der Waals surface area contributed by atoms with Crippen LogP contribution in [0, 0.1) is 3.57 Å². The summed E-state index contributed by atoms with van der Waals surface area (Å²) >= 11 is 2.16. The van der Waals surface area contributed by atoms with E-state index in [9.17, 15) is 8.42 Å². The van der Waals surface area contributed by atoms with Gasteiger partial charge in [0, 0.05) is 3.57 Å². The summed E-state index contributed by atoms with van der Waals surface area (Å²) in [5.41, 5.74) is 0.501. The quantitative estimate of drug-likeness (QED) is 0.710. The Labute approximate surface area is 124 Å². The lowest BCUT2D eigenvalue weighted by molar-refractivity contribution is 0.553. The molecule has 19 heavy (non-hydrogen) atoms. The summed E-state index contributed by atoms with van der Waals surface area (Å²) in [5, 5.41) is 0. The maximum absolute atomic E-state index is 11.9. The Kier molecular flexibility index (Phi) is 3.06. The van der Waals surface area contributed by atoms with Gasteiger partial charge in [0.1, 0.15) is 10.6 Å². The molecule has 6 heteroatoms. The van der Waals surface area contributed by atoms with Crippen LogP contribution in [-0.2, 0) is 10.0 Å². The van der Waals surface area contributed by atoms with E-state index >= 15 is 0 Å². The first-order chi connectivity index (χ1) is 9.06. The molecular weight excluding hydrogens is 377 g/mol. The van der Waals surface area contributed by atoms with E-state index in [0.717, 1.165) is 3.57 Å². The fourth-order valence-corrected chi connectivity index (χ4v) is 3.44. The molecule has 0 fully saturated rings. The number of hydrogen-bond donors (Lipinski definition) is 0. The molecule has 0 unspecified atom stereocenters. The van der Waals surface area contributed by atoms with Gasteiger partial charge in [-0.3, -0.25) is 0 Å². The first kappa shape index (κ1) is 12.6. The van der Waals surface area contributed by atoms with E-state index in [1.165, 1.54) is 6.07 Å². The first-order valence-corrected chi connectivity index (χ1v) is 7.96. The molecule has 1 aliphatic heterocycles. The molecule has 1 aliphatic rings. The third-order valence-electron chi connectivity index (χ3n) is 2.61. The van der Waals surface area contributed by atoms with Gasteiger partial charge in [-0.2, -0.15) is 8.42 Å². The van der Waals surface area contributed by atoms with E-state index in [-0.39, 0.29) is 10.8 Å². The summed E-state index contributed by atoms with van der Waals surface area (Å²) in [6.07, 6.45) is 0. The van der Waals surface area contributed by atoms with Crippen LogP contribution < -0.4 is 4.74 Å². The second kappa shape index (κ2) is 4.61. The van der Waals surface area contributed by atoms with Crippen LogP contribution in [0.3, 0.4) is 0 Å². The van der Waals surface area contributed by atoms with Gasteiger partial charge >= 0.3 is 0 Å². The lowest BCUT2D eigenvalue weighted by atomic mass is 10.2. The zero-order chi connectivity index (χ0) is 13.5. The summed E-state index contributed by atoms with van der Waals surface area (Å²) in [5.74, 6) is 0.690. The van der Waals surface area contributed by atoms with Gasteiger partial charge in [-0.15, -0.1) is 4.40 Å². The highest BCUT2D eigenvalue weighted by Gasteiger charge is 2.29. The van der Waals surface area contributed by atoms with Gasteiger partial charge in [0.2, 0.25) is 5.90 Å². The number of sulfonamides is 1. The molecular formula is C13H8INO3S. The highest BCUT2D eigenvalue weighted by atomic mass is 127. The Balaban J connectivity index is 2.04.